The van der Waals surface area contributed by atoms with E-state index in [1.54, 1.807) is 6.92 Å². The average Bonchev–Trinajstić information content (AvgIpc) is 2.23. The van der Waals surface area contributed by atoms with Crippen LogP contribution in [0.2, 0.25) is 0 Å². The third-order valence-corrected chi connectivity index (χ3v) is 2.52. The SMILES string of the molecule is CC(CCN)C(=O)Cc1cc(F)ccc1F. The van der Waals surface area contributed by atoms with Crippen molar-refractivity contribution < 1.29 is 13.6 Å². The summed E-state index contributed by atoms with van der Waals surface area (Å²) in [5.74, 6) is -1.41. The Bertz CT molecular complexity index is 379. The summed E-state index contributed by atoms with van der Waals surface area (Å²) in [6, 6.07) is 3.13. The summed E-state index contributed by atoms with van der Waals surface area (Å²) in [6.07, 6.45) is 0.487. The Labute approximate surface area is 93.5 Å². The molecule has 1 aromatic rings. The first kappa shape index (κ1) is 12.8. The van der Waals surface area contributed by atoms with Gasteiger partial charge in [0.2, 0.25) is 0 Å². The molecule has 16 heavy (non-hydrogen) atoms. The number of nitrogens with two attached hydrogens (primary N) is 1. The van der Waals surface area contributed by atoms with Crippen molar-refractivity contribution in [2.75, 3.05) is 6.54 Å². The van der Waals surface area contributed by atoms with Crippen LogP contribution >= 0.6 is 0 Å². The standard InChI is InChI=1S/C12H15F2NO/c1-8(4-5-15)12(16)7-9-6-10(13)2-3-11(9)14/h2-3,6,8H,4-5,7,15H2,1H3. The Hall–Kier alpha value is -1.29. The summed E-state index contributed by atoms with van der Waals surface area (Å²) in [6.45, 7) is 2.16. The van der Waals surface area contributed by atoms with Crippen LogP contribution in [0.25, 0.3) is 0 Å². The lowest BCUT2D eigenvalue weighted by atomic mass is 9.96. The van der Waals surface area contributed by atoms with Gasteiger partial charge in [-0.3, -0.25) is 4.79 Å². The first-order chi connectivity index (χ1) is 7.54. The van der Waals surface area contributed by atoms with E-state index in [2.05, 4.69) is 0 Å². The first-order valence-electron chi connectivity index (χ1n) is 5.21. The largest absolute Gasteiger partial charge is 0.330 e. The van der Waals surface area contributed by atoms with E-state index in [9.17, 15) is 13.6 Å². The first-order valence-corrected chi connectivity index (χ1v) is 5.21. The molecule has 0 aromatic heterocycles. The number of carbonyl (C=O) groups is 1. The maximum Gasteiger partial charge on any atom is 0.140 e. The second-order valence-corrected chi connectivity index (χ2v) is 3.86. The van der Waals surface area contributed by atoms with Crippen molar-refractivity contribution in [2.24, 2.45) is 11.7 Å². The molecule has 0 heterocycles. The van der Waals surface area contributed by atoms with Gasteiger partial charge in [0.1, 0.15) is 17.4 Å². The molecule has 0 saturated heterocycles. The highest BCUT2D eigenvalue weighted by molar-refractivity contribution is 5.82. The zero-order valence-electron chi connectivity index (χ0n) is 9.17. The van der Waals surface area contributed by atoms with Crippen molar-refractivity contribution >= 4 is 5.78 Å². The van der Waals surface area contributed by atoms with Crippen LogP contribution in [-0.2, 0) is 11.2 Å². The number of hydrogen-bond donors (Lipinski definition) is 1. The molecule has 1 rings (SSSR count). The van der Waals surface area contributed by atoms with Crippen molar-refractivity contribution in [1.82, 2.24) is 0 Å². The van der Waals surface area contributed by atoms with E-state index in [0.29, 0.717) is 13.0 Å². The molecular formula is C12H15F2NO. The lowest BCUT2D eigenvalue weighted by molar-refractivity contribution is -0.121. The smallest absolute Gasteiger partial charge is 0.140 e. The predicted molar refractivity (Wildman–Crippen MR) is 57.9 cm³/mol. The molecule has 1 unspecified atom stereocenters. The molecule has 0 radical (unpaired) electrons. The predicted octanol–water partition coefficient (Wildman–Crippen LogP) is 2.06. The van der Waals surface area contributed by atoms with Crippen molar-refractivity contribution in [2.45, 2.75) is 19.8 Å². The van der Waals surface area contributed by atoms with Gasteiger partial charge < -0.3 is 5.73 Å². The Morgan fingerprint density at radius 3 is 2.75 bits per heavy atom. The van der Waals surface area contributed by atoms with E-state index in [0.717, 1.165) is 18.2 Å². The lowest BCUT2D eigenvalue weighted by Crippen LogP contribution is -2.18. The van der Waals surface area contributed by atoms with E-state index in [-0.39, 0.29) is 23.7 Å². The van der Waals surface area contributed by atoms with Crippen LogP contribution in [0.15, 0.2) is 18.2 Å². The summed E-state index contributed by atoms with van der Waals surface area (Å²) >= 11 is 0. The zero-order chi connectivity index (χ0) is 12.1. The van der Waals surface area contributed by atoms with Gasteiger partial charge in [0.05, 0.1) is 0 Å². The van der Waals surface area contributed by atoms with Crippen LogP contribution in [0.3, 0.4) is 0 Å². The van der Waals surface area contributed by atoms with Gasteiger partial charge in [-0.25, -0.2) is 8.78 Å². The highest BCUT2D eigenvalue weighted by atomic mass is 19.1. The Kier molecular flexibility index (Phi) is 4.55. The monoisotopic (exact) mass is 227 g/mol. The van der Waals surface area contributed by atoms with Gasteiger partial charge in [0.25, 0.3) is 0 Å². The van der Waals surface area contributed by atoms with Gasteiger partial charge in [-0.1, -0.05) is 6.92 Å². The van der Waals surface area contributed by atoms with E-state index >= 15 is 0 Å². The molecule has 0 aliphatic heterocycles. The number of rotatable bonds is 5. The van der Waals surface area contributed by atoms with E-state index in [1.165, 1.54) is 0 Å². The lowest BCUT2D eigenvalue weighted by Gasteiger charge is -2.09. The van der Waals surface area contributed by atoms with E-state index in [1.807, 2.05) is 0 Å². The van der Waals surface area contributed by atoms with E-state index in [4.69, 9.17) is 5.73 Å². The van der Waals surface area contributed by atoms with Crippen LogP contribution in [0.5, 0.6) is 0 Å². The molecule has 2 nitrogen and oxygen atoms in total. The van der Waals surface area contributed by atoms with Gasteiger partial charge in [-0.15, -0.1) is 0 Å². The van der Waals surface area contributed by atoms with Crippen LogP contribution in [-0.4, -0.2) is 12.3 Å². The molecule has 0 amide bonds. The van der Waals surface area contributed by atoms with Gasteiger partial charge in [-0.05, 0) is 36.7 Å². The van der Waals surface area contributed by atoms with Crippen molar-refractivity contribution in [1.29, 1.82) is 0 Å². The molecule has 0 bridgehead atoms. The number of carbonyl (C=O) groups excluding carboxylic acids is 1. The van der Waals surface area contributed by atoms with Crippen LogP contribution in [0.1, 0.15) is 18.9 Å². The molecule has 88 valence electrons. The molecule has 0 fully saturated rings. The fraction of sp³-hybridized carbons (Fsp3) is 0.417. The minimum absolute atomic E-state index is 0.0786. The molecule has 0 spiro atoms. The molecule has 0 saturated carbocycles. The van der Waals surface area contributed by atoms with Gasteiger partial charge in [-0.2, -0.15) is 0 Å². The molecule has 2 N–H and O–H groups in total. The fourth-order valence-corrected chi connectivity index (χ4v) is 1.45. The summed E-state index contributed by atoms with van der Waals surface area (Å²) in [7, 11) is 0. The van der Waals surface area contributed by atoms with Crippen LogP contribution < -0.4 is 5.73 Å². The maximum absolute atomic E-state index is 13.2. The molecule has 0 aliphatic carbocycles. The third-order valence-electron chi connectivity index (χ3n) is 2.52. The summed E-state index contributed by atoms with van der Waals surface area (Å²) < 4.78 is 26.1. The van der Waals surface area contributed by atoms with E-state index < -0.39 is 11.6 Å². The third kappa shape index (κ3) is 3.38. The topological polar surface area (TPSA) is 43.1 Å². The van der Waals surface area contributed by atoms with Gasteiger partial charge >= 0.3 is 0 Å². The highest BCUT2D eigenvalue weighted by Gasteiger charge is 2.15. The van der Waals surface area contributed by atoms with Crippen molar-refractivity contribution in [3.05, 3.63) is 35.4 Å². The highest BCUT2D eigenvalue weighted by Crippen LogP contribution is 2.13. The second-order valence-electron chi connectivity index (χ2n) is 3.86. The average molecular weight is 227 g/mol. The Morgan fingerprint density at radius 2 is 2.12 bits per heavy atom. The summed E-state index contributed by atoms with van der Waals surface area (Å²) in [5, 5.41) is 0. The quantitative estimate of drug-likeness (QED) is 0.836. The number of Topliss-reactive ketones (excluding diaryl/α,β-unsaturated/α-hetero) is 1. The Balaban J connectivity index is 2.72. The minimum Gasteiger partial charge on any atom is -0.330 e. The number of ketones is 1. The zero-order valence-corrected chi connectivity index (χ0v) is 9.17. The molecule has 1 aromatic carbocycles. The fourth-order valence-electron chi connectivity index (χ4n) is 1.45. The molecule has 1 atom stereocenters. The summed E-state index contributed by atoms with van der Waals surface area (Å²) in [5.41, 5.74) is 5.43. The summed E-state index contributed by atoms with van der Waals surface area (Å²) in [4.78, 5) is 11.6. The molecule has 4 heteroatoms. The van der Waals surface area contributed by atoms with Gasteiger partial charge in [0, 0.05) is 12.3 Å². The van der Waals surface area contributed by atoms with Gasteiger partial charge in [0.15, 0.2) is 0 Å². The number of halogens is 2. The van der Waals surface area contributed by atoms with Crippen molar-refractivity contribution in [3.63, 3.8) is 0 Å². The Morgan fingerprint density at radius 1 is 1.44 bits per heavy atom. The molecular weight excluding hydrogens is 212 g/mol. The number of hydrogen-bond acceptors (Lipinski definition) is 2. The van der Waals surface area contributed by atoms with Crippen LogP contribution in [0.4, 0.5) is 8.78 Å². The maximum atomic E-state index is 13.2. The van der Waals surface area contributed by atoms with Crippen LogP contribution in [0, 0.1) is 17.6 Å². The van der Waals surface area contributed by atoms with Crippen molar-refractivity contribution in [3.8, 4) is 0 Å². The minimum atomic E-state index is -0.547. The second kappa shape index (κ2) is 5.70. The molecule has 0 aliphatic rings. The normalized spacial score (nSPS) is 12.5. The number of benzene rings is 1.